The van der Waals surface area contributed by atoms with Crippen LogP contribution in [0.4, 0.5) is 13.9 Å². The molecule has 4 rings (SSSR count). The number of aromatic nitrogens is 2. The van der Waals surface area contributed by atoms with Crippen LogP contribution in [-0.2, 0) is 9.59 Å². The maximum atomic E-state index is 13.4. The van der Waals surface area contributed by atoms with Crippen molar-refractivity contribution in [3.05, 3.63) is 81.9 Å². The van der Waals surface area contributed by atoms with E-state index in [2.05, 4.69) is 10.2 Å². The number of aliphatic hydroxyl groups is 1. The van der Waals surface area contributed by atoms with E-state index in [1.54, 1.807) is 6.92 Å². The van der Waals surface area contributed by atoms with Crippen LogP contribution < -0.4 is 4.90 Å². The minimum absolute atomic E-state index is 0.171. The molecule has 1 aliphatic heterocycles. The summed E-state index contributed by atoms with van der Waals surface area (Å²) in [6, 6.07) is 9.06. The van der Waals surface area contributed by atoms with E-state index in [0.717, 1.165) is 28.4 Å². The summed E-state index contributed by atoms with van der Waals surface area (Å²) < 4.78 is 26.7. The van der Waals surface area contributed by atoms with Crippen LogP contribution in [0, 0.1) is 18.6 Å². The number of rotatable bonds is 3. The van der Waals surface area contributed by atoms with Crippen molar-refractivity contribution >= 4 is 33.9 Å². The highest BCUT2D eigenvalue weighted by Gasteiger charge is 2.48. The first kappa shape index (κ1) is 18.9. The van der Waals surface area contributed by atoms with Crippen LogP contribution >= 0.6 is 11.3 Å². The minimum atomic E-state index is -1.03. The Bertz CT molecular complexity index is 1140. The fraction of sp³-hybridized carbons (Fsp3) is 0.100. The Morgan fingerprint density at radius 3 is 2.14 bits per heavy atom. The lowest BCUT2D eigenvalue weighted by Crippen LogP contribution is -2.29. The predicted octanol–water partition coefficient (Wildman–Crippen LogP) is 3.75. The summed E-state index contributed by atoms with van der Waals surface area (Å²) in [5.41, 5.74) is 0.383. The topological polar surface area (TPSA) is 83.4 Å². The van der Waals surface area contributed by atoms with Crippen LogP contribution in [0.5, 0.6) is 0 Å². The lowest BCUT2D eigenvalue weighted by molar-refractivity contribution is -0.132. The van der Waals surface area contributed by atoms with Gasteiger partial charge in [-0.05, 0) is 48.9 Å². The van der Waals surface area contributed by atoms with Gasteiger partial charge in [0.25, 0.3) is 5.78 Å². The van der Waals surface area contributed by atoms with Crippen molar-refractivity contribution < 1.29 is 23.5 Å². The van der Waals surface area contributed by atoms with E-state index in [1.165, 1.54) is 36.4 Å². The number of amides is 1. The quantitative estimate of drug-likeness (QED) is 0.402. The van der Waals surface area contributed by atoms with Crippen molar-refractivity contribution in [3.63, 3.8) is 0 Å². The van der Waals surface area contributed by atoms with Crippen LogP contribution in [0.3, 0.4) is 0 Å². The van der Waals surface area contributed by atoms with Crippen molar-refractivity contribution in [3.8, 4) is 0 Å². The van der Waals surface area contributed by atoms with Gasteiger partial charge in [0.1, 0.15) is 22.4 Å². The van der Waals surface area contributed by atoms with Crippen molar-refractivity contribution in [1.29, 1.82) is 0 Å². The normalized spacial score (nSPS) is 18.4. The van der Waals surface area contributed by atoms with Gasteiger partial charge in [0.05, 0.1) is 11.6 Å². The molecule has 3 aromatic rings. The predicted molar refractivity (Wildman–Crippen MR) is 102 cm³/mol. The fourth-order valence-electron chi connectivity index (χ4n) is 3.14. The van der Waals surface area contributed by atoms with Gasteiger partial charge in [0.15, 0.2) is 0 Å². The monoisotopic (exact) mass is 413 g/mol. The summed E-state index contributed by atoms with van der Waals surface area (Å²) in [7, 11) is 0. The molecular formula is C20H13F2N3O3S. The fourth-order valence-corrected chi connectivity index (χ4v) is 3.85. The summed E-state index contributed by atoms with van der Waals surface area (Å²) in [5, 5.41) is 19.4. The number of benzene rings is 2. The molecule has 29 heavy (non-hydrogen) atoms. The maximum Gasteiger partial charge on any atom is 0.301 e. The number of carbonyl (C=O) groups excluding carboxylic acids is 2. The van der Waals surface area contributed by atoms with Gasteiger partial charge in [0.2, 0.25) is 5.13 Å². The lowest BCUT2D eigenvalue weighted by Gasteiger charge is -2.22. The molecule has 0 unspecified atom stereocenters. The first-order valence-electron chi connectivity index (χ1n) is 8.49. The van der Waals surface area contributed by atoms with Crippen molar-refractivity contribution in [2.24, 2.45) is 0 Å². The molecule has 1 atom stereocenters. The number of ketones is 1. The highest BCUT2D eigenvalue weighted by atomic mass is 32.1. The number of hydrogen-bond donors (Lipinski definition) is 1. The first-order chi connectivity index (χ1) is 13.9. The third-order valence-electron chi connectivity index (χ3n) is 4.47. The number of aryl methyl sites for hydroxylation is 1. The lowest BCUT2D eigenvalue weighted by atomic mass is 9.95. The smallest absolute Gasteiger partial charge is 0.301 e. The van der Waals surface area contributed by atoms with Gasteiger partial charge in [-0.2, -0.15) is 0 Å². The van der Waals surface area contributed by atoms with Gasteiger partial charge in [-0.25, -0.2) is 8.78 Å². The Morgan fingerprint density at radius 2 is 1.59 bits per heavy atom. The molecule has 9 heteroatoms. The number of carbonyl (C=O) groups is 2. The average molecular weight is 413 g/mol. The second-order valence-corrected chi connectivity index (χ2v) is 7.49. The van der Waals surface area contributed by atoms with Gasteiger partial charge in [-0.1, -0.05) is 23.5 Å². The Hall–Kier alpha value is -3.46. The van der Waals surface area contributed by atoms with E-state index in [9.17, 15) is 23.5 Å². The average Bonchev–Trinajstić information content (AvgIpc) is 3.24. The van der Waals surface area contributed by atoms with E-state index in [0.29, 0.717) is 10.6 Å². The van der Waals surface area contributed by atoms with Gasteiger partial charge < -0.3 is 5.11 Å². The van der Waals surface area contributed by atoms with Crippen LogP contribution in [-0.4, -0.2) is 27.0 Å². The van der Waals surface area contributed by atoms with Gasteiger partial charge >= 0.3 is 5.91 Å². The number of nitrogens with zero attached hydrogens (tertiary/aromatic N) is 3. The molecule has 2 heterocycles. The third kappa shape index (κ3) is 3.29. The van der Waals surface area contributed by atoms with E-state index >= 15 is 0 Å². The molecule has 1 aromatic heterocycles. The number of Topliss-reactive ketones (excluding diaryl/α,β-unsaturated/α-hetero) is 1. The standard InChI is InChI=1S/C20H13F2N3O3S/c1-10-23-24-20(29-10)25-16(11-2-6-13(21)7-3-11)15(18(27)19(25)28)17(26)12-4-8-14(22)9-5-12/h2-9,16,26H,1H3/t16-/m1/s1. The van der Waals surface area contributed by atoms with Crippen molar-refractivity contribution in [1.82, 2.24) is 10.2 Å². The summed E-state index contributed by atoms with van der Waals surface area (Å²) in [6.07, 6.45) is 0. The second kappa shape index (κ2) is 7.17. The molecule has 0 spiro atoms. The molecule has 1 saturated heterocycles. The Labute approximate surface area is 167 Å². The molecule has 146 valence electrons. The Morgan fingerprint density at radius 1 is 1.00 bits per heavy atom. The molecule has 6 nitrogen and oxygen atoms in total. The van der Waals surface area contributed by atoms with Gasteiger partial charge in [0, 0.05) is 5.56 Å². The molecular weight excluding hydrogens is 400 g/mol. The molecule has 1 aliphatic rings. The summed E-state index contributed by atoms with van der Waals surface area (Å²) in [5.74, 6) is -3.27. The number of anilines is 1. The van der Waals surface area contributed by atoms with Crippen molar-refractivity contribution in [2.75, 3.05) is 4.90 Å². The summed E-state index contributed by atoms with van der Waals surface area (Å²) in [6.45, 7) is 1.70. The molecule has 1 amide bonds. The highest BCUT2D eigenvalue weighted by molar-refractivity contribution is 7.15. The molecule has 2 aromatic carbocycles. The summed E-state index contributed by atoms with van der Waals surface area (Å²) >= 11 is 1.11. The first-order valence-corrected chi connectivity index (χ1v) is 9.31. The van der Waals surface area contributed by atoms with Crippen LogP contribution in [0.2, 0.25) is 0 Å². The molecule has 1 N–H and O–H groups in total. The zero-order valence-corrected chi connectivity index (χ0v) is 15.8. The molecule has 0 radical (unpaired) electrons. The van der Waals surface area contributed by atoms with Crippen molar-refractivity contribution in [2.45, 2.75) is 13.0 Å². The van der Waals surface area contributed by atoms with E-state index in [1.807, 2.05) is 0 Å². The van der Waals surface area contributed by atoms with Gasteiger partial charge in [-0.15, -0.1) is 10.2 Å². The Balaban J connectivity index is 1.93. The molecule has 0 aliphatic carbocycles. The van der Waals surface area contributed by atoms with E-state index < -0.39 is 35.1 Å². The molecule has 0 saturated carbocycles. The van der Waals surface area contributed by atoms with E-state index in [-0.39, 0.29) is 16.3 Å². The summed E-state index contributed by atoms with van der Waals surface area (Å²) in [4.78, 5) is 26.8. The Kier molecular flexibility index (Phi) is 4.67. The zero-order valence-electron chi connectivity index (χ0n) is 15.0. The minimum Gasteiger partial charge on any atom is -0.507 e. The number of hydrogen-bond acceptors (Lipinski definition) is 6. The van der Waals surface area contributed by atoms with Gasteiger partial charge in [-0.3, -0.25) is 14.5 Å². The SMILES string of the molecule is Cc1nnc(N2C(=O)C(=O)C(=C(O)c3ccc(F)cc3)[C@H]2c2ccc(F)cc2)s1. The largest absolute Gasteiger partial charge is 0.507 e. The highest BCUT2D eigenvalue weighted by Crippen LogP contribution is 2.42. The van der Waals surface area contributed by atoms with Crippen LogP contribution in [0.15, 0.2) is 54.1 Å². The van der Waals surface area contributed by atoms with Crippen LogP contribution in [0.1, 0.15) is 22.2 Å². The molecule has 1 fully saturated rings. The molecule has 0 bridgehead atoms. The number of halogens is 2. The zero-order chi connectivity index (χ0) is 20.7. The third-order valence-corrected chi connectivity index (χ3v) is 5.31. The number of aliphatic hydroxyl groups excluding tert-OH is 1. The maximum absolute atomic E-state index is 13.4. The second-order valence-electron chi connectivity index (χ2n) is 6.33. The van der Waals surface area contributed by atoms with E-state index in [4.69, 9.17) is 0 Å². The van der Waals surface area contributed by atoms with Crippen LogP contribution in [0.25, 0.3) is 5.76 Å².